The standard InChI is InChI=1S/C17H26N4O4S/c1-12(22)18-14(8-10-26-3)17(23)21-9-4-5-13(11-21)25-16-7-6-15(24-2)19-20-16/h6-7,13-14H,4-5,8-11H2,1-3H3,(H,18,22). The van der Waals surface area contributed by atoms with Gasteiger partial charge in [0, 0.05) is 25.6 Å². The molecule has 0 saturated carbocycles. The second-order valence-corrected chi connectivity index (χ2v) is 7.10. The van der Waals surface area contributed by atoms with Gasteiger partial charge in [0.15, 0.2) is 0 Å². The van der Waals surface area contributed by atoms with Crippen LogP contribution in [0.3, 0.4) is 0 Å². The summed E-state index contributed by atoms with van der Waals surface area (Å²) in [6.07, 6.45) is 4.14. The van der Waals surface area contributed by atoms with E-state index in [9.17, 15) is 9.59 Å². The van der Waals surface area contributed by atoms with E-state index in [1.165, 1.54) is 14.0 Å². The first-order valence-electron chi connectivity index (χ1n) is 8.62. The Morgan fingerprint density at radius 3 is 2.73 bits per heavy atom. The molecule has 0 bridgehead atoms. The number of methoxy groups -OCH3 is 1. The smallest absolute Gasteiger partial charge is 0.245 e. The molecule has 1 aliphatic heterocycles. The Hall–Kier alpha value is -2.03. The van der Waals surface area contributed by atoms with E-state index in [1.807, 2.05) is 6.26 Å². The fraction of sp³-hybridized carbons (Fsp3) is 0.647. The summed E-state index contributed by atoms with van der Waals surface area (Å²) in [5, 5.41) is 10.6. The molecular formula is C17H26N4O4S. The molecule has 2 heterocycles. The summed E-state index contributed by atoms with van der Waals surface area (Å²) in [5.74, 6) is 1.40. The molecule has 144 valence electrons. The molecule has 1 saturated heterocycles. The summed E-state index contributed by atoms with van der Waals surface area (Å²) in [6, 6.07) is 2.90. The normalized spacial score (nSPS) is 18.1. The van der Waals surface area contributed by atoms with Crippen molar-refractivity contribution in [3.63, 3.8) is 0 Å². The lowest BCUT2D eigenvalue weighted by Crippen LogP contribution is -2.52. The molecule has 8 nitrogen and oxygen atoms in total. The molecule has 9 heteroatoms. The van der Waals surface area contributed by atoms with Gasteiger partial charge < -0.3 is 19.7 Å². The van der Waals surface area contributed by atoms with Crippen molar-refractivity contribution in [3.8, 4) is 11.8 Å². The summed E-state index contributed by atoms with van der Waals surface area (Å²) >= 11 is 1.65. The van der Waals surface area contributed by atoms with Crippen molar-refractivity contribution in [1.82, 2.24) is 20.4 Å². The number of nitrogens with one attached hydrogen (secondary N) is 1. The third kappa shape index (κ3) is 6.05. The van der Waals surface area contributed by atoms with E-state index in [2.05, 4.69) is 15.5 Å². The fourth-order valence-electron chi connectivity index (χ4n) is 2.84. The van der Waals surface area contributed by atoms with Crippen LogP contribution >= 0.6 is 11.8 Å². The van der Waals surface area contributed by atoms with Gasteiger partial charge in [0.25, 0.3) is 0 Å². The molecule has 0 spiro atoms. The van der Waals surface area contributed by atoms with Crippen LogP contribution in [0.2, 0.25) is 0 Å². The third-order valence-corrected chi connectivity index (χ3v) is 4.73. The number of carbonyl (C=O) groups is 2. The highest BCUT2D eigenvalue weighted by atomic mass is 32.2. The quantitative estimate of drug-likeness (QED) is 0.720. The van der Waals surface area contributed by atoms with Gasteiger partial charge in [-0.3, -0.25) is 9.59 Å². The molecule has 1 aliphatic rings. The zero-order valence-corrected chi connectivity index (χ0v) is 16.3. The summed E-state index contributed by atoms with van der Waals surface area (Å²) in [7, 11) is 1.53. The predicted molar refractivity (Wildman–Crippen MR) is 99.4 cm³/mol. The monoisotopic (exact) mass is 382 g/mol. The Kier molecular flexibility index (Phi) is 7.96. The van der Waals surface area contributed by atoms with Gasteiger partial charge in [0.05, 0.1) is 13.7 Å². The van der Waals surface area contributed by atoms with E-state index in [1.54, 1.807) is 28.8 Å². The molecule has 26 heavy (non-hydrogen) atoms. The van der Waals surface area contributed by atoms with Crippen molar-refractivity contribution >= 4 is 23.6 Å². The Bertz CT molecular complexity index is 599. The minimum Gasteiger partial charge on any atom is -0.480 e. The average Bonchev–Trinajstić information content (AvgIpc) is 2.65. The summed E-state index contributed by atoms with van der Waals surface area (Å²) in [5.41, 5.74) is 0. The van der Waals surface area contributed by atoms with E-state index < -0.39 is 6.04 Å². The van der Waals surface area contributed by atoms with E-state index in [-0.39, 0.29) is 17.9 Å². The highest BCUT2D eigenvalue weighted by Gasteiger charge is 2.30. The van der Waals surface area contributed by atoms with Gasteiger partial charge in [-0.25, -0.2) is 0 Å². The van der Waals surface area contributed by atoms with Gasteiger partial charge in [0.2, 0.25) is 23.6 Å². The number of aromatic nitrogens is 2. The first kappa shape index (κ1) is 20.3. The van der Waals surface area contributed by atoms with Crippen LogP contribution < -0.4 is 14.8 Å². The first-order chi connectivity index (χ1) is 12.5. The lowest BCUT2D eigenvalue weighted by molar-refractivity contribution is -0.138. The molecule has 2 atom stereocenters. The van der Waals surface area contributed by atoms with Crippen LogP contribution in [-0.2, 0) is 9.59 Å². The molecule has 0 radical (unpaired) electrons. The number of rotatable bonds is 8. The Morgan fingerprint density at radius 2 is 2.12 bits per heavy atom. The highest BCUT2D eigenvalue weighted by Crippen LogP contribution is 2.19. The second kappa shape index (κ2) is 10.2. The molecule has 0 aromatic carbocycles. The first-order valence-corrected chi connectivity index (χ1v) is 10.0. The molecule has 2 rings (SSSR count). The van der Waals surface area contributed by atoms with Crippen LogP contribution in [0.15, 0.2) is 12.1 Å². The maximum Gasteiger partial charge on any atom is 0.245 e. The Morgan fingerprint density at radius 1 is 1.38 bits per heavy atom. The summed E-state index contributed by atoms with van der Waals surface area (Å²) in [4.78, 5) is 26.0. The number of thioether (sulfide) groups is 1. The van der Waals surface area contributed by atoms with Gasteiger partial charge in [0.1, 0.15) is 12.1 Å². The van der Waals surface area contributed by atoms with Crippen molar-refractivity contribution in [2.24, 2.45) is 0 Å². The van der Waals surface area contributed by atoms with Crippen LogP contribution in [0, 0.1) is 0 Å². The van der Waals surface area contributed by atoms with E-state index in [0.29, 0.717) is 31.3 Å². The molecular weight excluding hydrogens is 356 g/mol. The molecule has 2 unspecified atom stereocenters. The molecule has 0 aliphatic carbocycles. The van der Waals surface area contributed by atoms with Crippen LogP contribution in [-0.4, -0.2) is 71.3 Å². The zero-order chi connectivity index (χ0) is 18.9. The van der Waals surface area contributed by atoms with Crippen LogP contribution in [0.1, 0.15) is 26.2 Å². The number of piperidine rings is 1. The molecule has 1 aromatic rings. The fourth-order valence-corrected chi connectivity index (χ4v) is 3.32. The minimum atomic E-state index is -0.487. The van der Waals surface area contributed by atoms with Gasteiger partial charge in [-0.2, -0.15) is 11.8 Å². The lowest BCUT2D eigenvalue weighted by atomic mass is 10.1. The molecule has 2 amide bonds. The van der Waals surface area contributed by atoms with Crippen molar-refractivity contribution < 1.29 is 19.1 Å². The van der Waals surface area contributed by atoms with Crippen LogP contribution in [0.25, 0.3) is 0 Å². The Balaban J connectivity index is 1.95. The number of hydrogen-bond acceptors (Lipinski definition) is 7. The second-order valence-electron chi connectivity index (χ2n) is 6.11. The van der Waals surface area contributed by atoms with E-state index >= 15 is 0 Å². The number of carbonyl (C=O) groups excluding carboxylic acids is 2. The maximum atomic E-state index is 12.8. The van der Waals surface area contributed by atoms with Gasteiger partial charge in [-0.15, -0.1) is 10.2 Å². The van der Waals surface area contributed by atoms with Gasteiger partial charge >= 0.3 is 0 Å². The third-order valence-electron chi connectivity index (χ3n) is 4.09. The number of likely N-dealkylation sites (tertiary alicyclic amines) is 1. The lowest BCUT2D eigenvalue weighted by Gasteiger charge is -2.34. The Labute approximate surface area is 158 Å². The SMILES string of the molecule is COc1ccc(OC2CCCN(C(=O)C(CCSC)NC(C)=O)C2)nn1. The largest absolute Gasteiger partial charge is 0.480 e. The van der Waals surface area contributed by atoms with Crippen LogP contribution in [0.4, 0.5) is 0 Å². The van der Waals surface area contributed by atoms with Crippen molar-refractivity contribution in [2.45, 2.75) is 38.3 Å². The molecule has 1 aromatic heterocycles. The van der Waals surface area contributed by atoms with E-state index in [0.717, 1.165) is 18.6 Å². The topological polar surface area (TPSA) is 93.7 Å². The summed E-state index contributed by atoms with van der Waals surface area (Å²) in [6.45, 7) is 2.58. The van der Waals surface area contributed by atoms with Crippen molar-refractivity contribution in [3.05, 3.63) is 12.1 Å². The number of ether oxygens (including phenoxy) is 2. The predicted octanol–water partition coefficient (Wildman–Crippen LogP) is 1.11. The van der Waals surface area contributed by atoms with Crippen molar-refractivity contribution in [1.29, 1.82) is 0 Å². The van der Waals surface area contributed by atoms with Gasteiger partial charge in [-0.1, -0.05) is 0 Å². The maximum absolute atomic E-state index is 12.8. The summed E-state index contributed by atoms with van der Waals surface area (Å²) < 4.78 is 10.8. The molecule has 1 N–H and O–H groups in total. The highest BCUT2D eigenvalue weighted by molar-refractivity contribution is 7.98. The van der Waals surface area contributed by atoms with E-state index in [4.69, 9.17) is 9.47 Å². The molecule has 1 fully saturated rings. The minimum absolute atomic E-state index is 0.0524. The van der Waals surface area contributed by atoms with Crippen molar-refractivity contribution in [2.75, 3.05) is 32.2 Å². The average molecular weight is 382 g/mol. The number of amides is 2. The van der Waals surface area contributed by atoms with Crippen LogP contribution in [0.5, 0.6) is 11.8 Å². The number of nitrogens with zero attached hydrogens (tertiary/aromatic N) is 3. The van der Waals surface area contributed by atoms with Gasteiger partial charge in [-0.05, 0) is 31.3 Å². The number of hydrogen-bond donors (Lipinski definition) is 1. The zero-order valence-electron chi connectivity index (χ0n) is 15.4.